The number of fused-ring (bicyclic) bond motifs is 1. The van der Waals surface area contributed by atoms with Gasteiger partial charge in [0.1, 0.15) is 22.7 Å². The number of alkyl carbamates (subject to hydrolysis) is 1. The van der Waals surface area contributed by atoms with Gasteiger partial charge >= 0.3 is 6.09 Å². The molecule has 1 aromatic heterocycles. The maximum absolute atomic E-state index is 13.7. The first kappa shape index (κ1) is 27.3. The highest BCUT2D eigenvalue weighted by Crippen LogP contribution is 2.47. The number of hydrogen-bond acceptors (Lipinski definition) is 7. The molecule has 2 N–H and O–H groups in total. The Morgan fingerprint density at radius 2 is 1.95 bits per heavy atom. The minimum absolute atomic E-state index is 0.0695. The van der Waals surface area contributed by atoms with Crippen LogP contribution in [0.1, 0.15) is 81.5 Å². The predicted octanol–water partition coefficient (Wildman–Crippen LogP) is 3.60. The van der Waals surface area contributed by atoms with Crippen LogP contribution >= 0.6 is 0 Å². The minimum Gasteiger partial charge on any atom is -0.494 e. The Kier molecular flexibility index (Phi) is 7.19. The van der Waals surface area contributed by atoms with E-state index in [1.54, 1.807) is 7.11 Å². The van der Waals surface area contributed by atoms with Crippen molar-refractivity contribution in [1.29, 1.82) is 0 Å². The third-order valence-electron chi connectivity index (χ3n) is 9.23. The van der Waals surface area contributed by atoms with E-state index < -0.39 is 11.7 Å². The fourth-order valence-corrected chi connectivity index (χ4v) is 7.66. The standard InChI is InChI=1S/C30H44N6O4/c1-30(2,3)40-29(38)32-20-9-7-12-35(17-20)28(37)19-14-22-26(24(16-19)39-5)34(4)27(33-22)23-15-18-8-6-10-21-25(18)36(23)13-11-31-21/h14,16,18,20-21,23,25,31H,6-13,15,17H2,1-5H3,(H,32,38)/t18?,20-,21?,23?,25?/m1/s1. The van der Waals surface area contributed by atoms with Crippen LogP contribution in [0.3, 0.4) is 0 Å². The number of aromatic nitrogens is 2. The van der Waals surface area contributed by atoms with Crippen molar-refractivity contribution in [2.75, 3.05) is 33.3 Å². The zero-order chi connectivity index (χ0) is 28.2. The van der Waals surface area contributed by atoms with Crippen LogP contribution in [0, 0.1) is 5.92 Å². The van der Waals surface area contributed by atoms with Crippen LogP contribution in [-0.4, -0.2) is 88.4 Å². The van der Waals surface area contributed by atoms with E-state index in [-0.39, 0.29) is 18.0 Å². The number of hydrogen-bond donors (Lipinski definition) is 2. The SMILES string of the molecule is COc1cc(C(=O)N2CCC[C@@H](NC(=O)OC(C)(C)C)C2)cc2nc(C3CC4CCCC5NCCN3C45)n(C)c12. The Balaban J connectivity index is 1.24. The van der Waals surface area contributed by atoms with Gasteiger partial charge in [0.05, 0.1) is 18.7 Å². The van der Waals surface area contributed by atoms with E-state index >= 15 is 0 Å². The van der Waals surface area contributed by atoms with E-state index in [0.717, 1.165) is 49.2 Å². The fourth-order valence-electron chi connectivity index (χ4n) is 7.66. The van der Waals surface area contributed by atoms with Crippen molar-refractivity contribution in [3.05, 3.63) is 23.5 Å². The first-order valence-electron chi connectivity index (χ1n) is 14.9. The summed E-state index contributed by atoms with van der Waals surface area (Å²) in [5.41, 5.74) is 1.72. The zero-order valence-corrected chi connectivity index (χ0v) is 24.5. The summed E-state index contributed by atoms with van der Waals surface area (Å²) in [6, 6.07) is 5.07. The Labute approximate surface area is 236 Å². The summed E-state index contributed by atoms with van der Waals surface area (Å²) < 4.78 is 13.4. The second kappa shape index (κ2) is 10.5. The van der Waals surface area contributed by atoms with E-state index in [1.165, 1.54) is 19.3 Å². The topological polar surface area (TPSA) is 101 Å². The molecule has 4 fully saturated rings. The van der Waals surface area contributed by atoms with Gasteiger partial charge in [0.2, 0.25) is 0 Å². The maximum Gasteiger partial charge on any atom is 0.407 e. The Hall–Kier alpha value is -2.85. The van der Waals surface area contributed by atoms with Crippen molar-refractivity contribution < 1.29 is 19.1 Å². The van der Waals surface area contributed by atoms with Gasteiger partial charge in [0.15, 0.2) is 0 Å². The molecule has 1 aliphatic carbocycles. The van der Waals surface area contributed by atoms with E-state index in [0.29, 0.717) is 42.4 Å². The number of piperazine rings is 1. The molecule has 0 bridgehead atoms. The molecule has 1 aromatic carbocycles. The first-order chi connectivity index (χ1) is 19.1. The molecule has 4 unspecified atom stereocenters. The molecule has 6 rings (SSSR count). The molecule has 0 spiro atoms. The van der Waals surface area contributed by atoms with Crippen molar-refractivity contribution >= 4 is 23.0 Å². The fraction of sp³-hybridized carbons (Fsp3) is 0.700. The molecule has 218 valence electrons. The van der Waals surface area contributed by atoms with Crippen molar-refractivity contribution in [3.63, 3.8) is 0 Å². The molecule has 5 atom stereocenters. The smallest absolute Gasteiger partial charge is 0.407 e. The molecule has 2 amide bonds. The summed E-state index contributed by atoms with van der Waals surface area (Å²) in [6.45, 7) is 8.69. The van der Waals surface area contributed by atoms with Crippen LogP contribution in [0.5, 0.6) is 5.75 Å². The third kappa shape index (κ3) is 5.04. The maximum atomic E-state index is 13.7. The van der Waals surface area contributed by atoms with Crippen LogP contribution in [0.15, 0.2) is 12.1 Å². The molecule has 10 nitrogen and oxygen atoms in total. The second-order valence-electron chi connectivity index (χ2n) is 13.0. The zero-order valence-electron chi connectivity index (χ0n) is 24.5. The monoisotopic (exact) mass is 552 g/mol. The summed E-state index contributed by atoms with van der Waals surface area (Å²) in [7, 11) is 3.73. The van der Waals surface area contributed by atoms with E-state index in [2.05, 4.69) is 27.1 Å². The molecule has 10 heteroatoms. The van der Waals surface area contributed by atoms with Gasteiger partial charge in [0, 0.05) is 56.9 Å². The van der Waals surface area contributed by atoms with Crippen molar-refractivity contribution in [2.24, 2.45) is 13.0 Å². The molecule has 2 aromatic rings. The van der Waals surface area contributed by atoms with Gasteiger partial charge in [-0.3, -0.25) is 9.69 Å². The van der Waals surface area contributed by atoms with Crippen molar-refractivity contribution in [2.45, 2.75) is 89.1 Å². The lowest BCUT2D eigenvalue weighted by molar-refractivity contribution is 0.0452. The Morgan fingerprint density at radius 3 is 2.73 bits per heavy atom. The normalized spacial score (nSPS) is 28.8. The molecule has 40 heavy (non-hydrogen) atoms. The predicted molar refractivity (Wildman–Crippen MR) is 153 cm³/mol. The molecule has 4 heterocycles. The van der Waals surface area contributed by atoms with Crippen molar-refractivity contribution in [1.82, 2.24) is 30.0 Å². The summed E-state index contributed by atoms with van der Waals surface area (Å²) in [5, 5.41) is 6.71. The van der Waals surface area contributed by atoms with E-state index in [9.17, 15) is 9.59 Å². The molecular weight excluding hydrogens is 508 g/mol. The van der Waals surface area contributed by atoms with Crippen LogP contribution in [0.25, 0.3) is 11.0 Å². The lowest BCUT2D eigenvalue weighted by Gasteiger charge is -2.44. The molecule has 4 aliphatic rings. The first-order valence-corrected chi connectivity index (χ1v) is 14.9. The van der Waals surface area contributed by atoms with Gasteiger partial charge < -0.3 is 29.6 Å². The number of benzene rings is 1. The summed E-state index contributed by atoms with van der Waals surface area (Å²) in [5.74, 6) is 2.36. The number of rotatable bonds is 4. The number of aryl methyl sites for hydroxylation is 1. The molecule has 3 aliphatic heterocycles. The highest BCUT2D eigenvalue weighted by Gasteiger charge is 2.49. The number of amides is 2. The Bertz CT molecular complexity index is 1280. The van der Waals surface area contributed by atoms with Gasteiger partial charge in [0.25, 0.3) is 5.91 Å². The quantitative estimate of drug-likeness (QED) is 0.598. The summed E-state index contributed by atoms with van der Waals surface area (Å²) in [4.78, 5) is 35.7. The summed E-state index contributed by atoms with van der Waals surface area (Å²) in [6.07, 6.45) is 6.16. The number of carbonyl (C=O) groups excluding carboxylic acids is 2. The number of likely N-dealkylation sites (tertiary alicyclic amines) is 1. The number of piperidine rings is 1. The van der Waals surface area contributed by atoms with Gasteiger partial charge in [-0.05, 0) is 70.9 Å². The van der Waals surface area contributed by atoms with Crippen LogP contribution in [0.4, 0.5) is 4.79 Å². The van der Waals surface area contributed by atoms with E-state index in [4.69, 9.17) is 14.5 Å². The average molecular weight is 553 g/mol. The highest BCUT2D eigenvalue weighted by atomic mass is 16.6. The molecule has 3 saturated heterocycles. The highest BCUT2D eigenvalue weighted by molar-refractivity contribution is 5.99. The number of carbonyl (C=O) groups is 2. The van der Waals surface area contributed by atoms with Gasteiger partial charge in [-0.25, -0.2) is 9.78 Å². The van der Waals surface area contributed by atoms with Gasteiger partial charge in [-0.15, -0.1) is 0 Å². The van der Waals surface area contributed by atoms with Crippen LogP contribution in [-0.2, 0) is 11.8 Å². The number of imidazole rings is 1. The van der Waals surface area contributed by atoms with Crippen LogP contribution < -0.4 is 15.4 Å². The molecular formula is C30H44N6O4. The second-order valence-corrected chi connectivity index (χ2v) is 13.0. The number of methoxy groups -OCH3 is 1. The van der Waals surface area contributed by atoms with E-state index in [1.807, 2.05) is 37.8 Å². The largest absolute Gasteiger partial charge is 0.494 e. The van der Waals surface area contributed by atoms with Gasteiger partial charge in [-0.2, -0.15) is 0 Å². The number of nitrogens with zero attached hydrogens (tertiary/aromatic N) is 4. The number of nitrogens with one attached hydrogen (secondary N) is 2. The minimum atomic E-state index is -0.565. The summed E-state index contributed by atoms with van der Waals surface area (Å²) >= 11 is 0. The lowest BCUT2D eigenvalue weighted by atomic mass is 9.80. The third-order valence-corrected chi connectivity index (χ3v) is 9.23. The Morgan fingerprint density at radius 1 is 1.12 bits per heavy atom. The molecule has 0 radical (unpaired) electrons. The number of ether oxygens (including phenoxy) is 2. The van der Waals surface area contributed by atoms with Gasteiger partial charge in [-0.1, -0.05) is 6.42 Å². The van der Waals surface area contributed by atoms with Crippen LogP contribution in [0.2, 0.25) is 0 Å². The average Bonchev–Trinajstić information content (AvgIpc) is 3.45. The van der Waals surface area contributed by atoms with Crippen molar-refractivity contribution in [3.8, 4) is 5.75 Å². The molecule has 1 saturated carbocycles. The lowest BCUT2D eigenvalue weighted by Crippen LogP contribution is -2.58.